The van der Waals surface area contributed by atoms with Gasteiger partial charge in [-0.25, -0.2) is 0 Å². The molecule has 0 aliphatic carbocycles. The summed E-state index contributed by atoms with van der Waals surface area (Å²) in [4.78, 5) is 12.2. The maximum atomic E-state index is 10.6. The van der Waals surface area contributed by atoms with E-state index in [1.165, 1.54) is 17.7 Å². The second-order valence-electron chi connectivity index (χ2n) is 5.76. The summed E-state index contributed by atoms with van der Waals surface area (Å²) < 4.78 is 0. The predicted octanol–water partition coefficient (Wildman–Crippen LogP) is 3.59. The number of hydrogen-bond donors (Lipinski definition) is 0. The third-order valence-electron chi connectivity index (χ3n) is 3.21. The van der Waals surface area contributed by atoms with Gasteiger partial charge >= 0.3 is 0 Å². The van der Waals surface area contributed by atoms with Gasteiger partial charge in [-0.1, -0.05) is 43.3 Å². The van der Waals surface area contributed by atoms with Crippen molar-refractivity contribution in [3.8, 4) is 0 Å². The van der Waals surface area contributed by atoms with Gasteiger partial charge in [0.2, 0.25) is 0 Å². The molecule has 0 aliphatic rings. The number of nitro benzene ring substituents is 1. The zero-order valence-electron chi connectivity index (χ0n) is 14.2. The summed E-state index contributed by atoms with van der Waals surface area (Å²) in [5, 5.41) is 10.6. The van der Waals surface area contributed by atoms with Crippen molar-refractivity contribution in [2.75, 3.05) is 21.1 Å². The molecule has 0 bridgehead atoms. The van der Waals surface area contributed by atoms with Crippen LogP contribution < -0.4 is 0 Å². The van der Waals surface area contributed by atoms with Gasteiger partial charge < -0.3 is 4.90 Å². The molecular weight excluding hydrogens is 287 g/mol. The Balaban J connectivity index is 0.000000593. The molecule has 0 saturated carbocycles. The summed E-state index contributed by atoms with van der Waals surface area (Å²) in [7, 11) is 12.2. The molecule has 2 radical (unpaired) electrons. The van der Waals surface area contributed by atoms with Gasteiger partial charge in [0, 0.05) is 12.1 Å². The molecular formula is C18H23BN2O2. The van der Waals surface area contributed by atoms with Gasteiger partial charge in [0.25, 0.3) is 5.69 Å². The van der Waals surface area contributed by atoms with Gasteiger partial charge in [-0.15, -0.1) is 0 Å². The molecule has 0 amide bonds. The molecule has 120 valence electrons. The number of aryl methyl sites for hydroxylation is 1. The predicted molar refractivity (Wildman–Crippen MR) is 96.1 cm³/mol. The van der Waals surface area contributed by atoms with Gasteiger partial charge in [-0.2, -0.15) is 0 Å². The summed E-state index contributed by atoms with van der Waals surface area (Å²) in [6, 6.07) is 14.5. The normalized spacial score (nSPS) is 11.5. The minimum Gasteiger partial charge on any atom is -0.312 e. The highest BCUT2D eigenvalue weighted by Crippen LogP contribution is 2.23. The fourth-order valence-electron chi connectivity index (χ4n) is 1.96. The van der Waals surface area contributed by atoms with E-state index in [-0.39, 0.29) is 11.5 Å². The van der Waals surface area contributed by atoms with E-state index >= 15 is 0 Å². The molecule has 1 unspecified atom stereocenters. The number of nitrogens with zero attached hydrogens (tertiary/aromatic N) is 2. The number of non-ortho nitro benzene ring substituents is 1. The molecule has 5 heteroatoms. The average Bonchev–Trinajstić information content (AvgIpc) is 2.54. The van der Waals surface area contributed by atoms with Crippen LogP contribution >= 0.6 is 0 Å². The molecule has 2 aromatic carbocycles. The van der Waals surface area contributed by atoms with Gasteiger partial charge in [0.15, 0.2) is 0 Å². The van der Waals surface area contributed by atoms with Crippen LogP contribution in [0.1, 0.15) is 29.4 Å². The topological polar surface area (TPSA) is 46.4 Å². The van der Waals surface area contributed by atoms with E-state index in [9.17, 15) is 10.1 Å². The summed E-state index contributed by atoms with van der Waals surface area (Å²) in [6.07, 6.45) is 0.993. The lowest BCUT2D eigenvalue weighted by molar-refractivity contribution is -0.384. The van der Waals surface area contributed by atoms with Crippen molar-refractivity contribution in [3.05, 3.63) is 75.3 Å². The zero-order valence-corrected chi connectivity index (χ0v) is 14.2. The van der Waals surface area contributed by atoms with E-state index in [1.54, 1.807) is 12.1 Å². The van der Waals surface area contributed by atoms with E-state index in [1.807, 2.05) is 38.2 Å². The van der Waals surface area contributed by atoms with Crippen LogP contribution in [-0.4, -0.2) is 38.8 Å². The Kier molecular flexibility index (Phi) is 7.49. The first kappa shape index (κ1) is 18.9. The van der Waals surface area contributed by atoms with Crippen LogP contribution in [0.5, 0.6) is 0 Å². The molecule has 0 N–H and O–H groups in total. The van der Waals surface area contributed by atoms with Crippen LogP contribution in [0.4, 0.5) is 5.69 Å². The fraction of sp³-hybridized carbons (Fsp3) is 0.333. The molecule has 0 saturated heterocycles. The monoisotopic (exact) mass is 310 g/mol. The highest BCUT2D eigenvalue weighted by atomic mass is 16.6. The van der Waals surface area contributed by atoms with Crippen LogP contribution in [0.3, 0.4) is 0 Å². The Hall–Kier alpha value is -2.14. The van der Waals surface area contributed by atoms with E-state index in [0.717, 1.165) is 17.5 Å². The maximum absolute atomic E-state index is 10.6. The molecule has 2 aromatic rings. The molecule has 0 heterocycles. The Morgan fingerprint density at radius 3 is 1.74 bits per heavy atom. The van der Waals surface area contributed by atoms with Crippen LogP contribution in [-0.2, 0) is 6.42 Å². The minimum absolute atomic E-state index is 0.0808. The average molecular weight is 310 g/mol. The maximum Gasteiger partial charge on any atom is 0.269 e. The molecule has 4 nitrogen and oxygen atoms in total. The second-order valence-corrected chi connectivity index (χ2v) is 5.76. The van der Waals surface area contributed by atoms with Crippen LogP contribution in [0, 0.1) is 10.1 Å². The number of nitro groups is 1. The molecule has 0 aliphatic heterocycles. The van der Waals surface area contributed by atoms with Crippen molar-refractivity contribution in [3.63, 3.8) is 0 Å². The van der Waals surface area contributed by atoms with Gasteiger partial charge in [0.05, 0.1) is 12.8 Å². The van der Waals surface area contributed by atoms with Crippen molar-refractivity contribution in [1.82, 2.24) is 4.90 Å². The summed E-state index contributed by atoms with van der Waals surface area (Å²) in [6.45, 7) is 2.10. The second kappa shape index (κ2) is 9.11. The number of hydrogen-bond acceptors (Lipinski definition) is 3. The molecule has 0 fully saturated rings. The molecule has 0 aromatic heterocycles. The lowest BCUT2D eigenvalue weighted by Gasteiger charge is -2.13. The standard InChI is InChI=1S/C15H14BNO2.C3H9N/c1-2-11-3-5-12(6-4-11)15(16)13-7-9-14(10-8-13)17(18)19;1-4(2)3/h3-10,15H,2H2,1H3;1-3H3. The Bertz CT molecular complexity index is 607. The van der Waals surface area contributed by atoms with Crippen molar-refractivity contribution in [2.24, 2.45) is 0 Å². The third kappa shape index (κ3) is 6.24. The van der Waals surface area contributed by atoms with Crippen LogP contribution in [0.15, 0.2) is 48.5 Å². The lowest BCUT2D eigenvalue weighted by atomic mass is 9.76. The first-order chi connectivity index (χ1) is 10.8. The highest BCUT2D eigenvalue weighted by Gasteiger charge is 2.10. The lowest BCUT2D eigenvalue weighted by Crippen LogP contribution is -2.01. The fourth-order valence-corrected chi connectivity index (χ4v) is 1.96. The Labute approximate surface area is 139 Å². The third-order valence-corrected chi connectivity index (χ3v) is 3.21. The quantitative estimate of drug-likeness (QED) is 0.492. The van der Waals surface area contributed by atoms with Gasteiger partial charge in [-0.3, -0.25) is 10.1 Å². The van der Waals surface area contributed by atoms with Gasteiger partial charge in [0.1, 0.15) is 0 Å². The van der Waals surface area contributed by atoms with Crippen molar-refractivity contribution >= 4 is 13.5 Å². The zero-order chi connectivity index (χ0) is 17.4. The van der Waals surface area contributed by atoms with E-state index in [2.05, 4.69) is 19.1 Å². The molecule has 1 atom stereocenters. The highest BCUT2D eigenvalue weighted by molar-refractivity contribution is 6.14. The smallest absolute Gasteiger partial charge is 0.269 e. The molecule has 2 rings (SSSR count). The van der Waals surface area contributed by atoms with Crippen molar-refractivity contribution in [1.29, 1.82) is 0 Å². The minimum atomic E-state index is -0.411. The van der Waals surface area contributed by atoms with Crippen molar-refractivity contribution < 1.29 is 4.92 Å². The summed E-state index contributed by atoms with van der Waals surface area (Å²) in [5.74, 6) is -0.258. The first-order valence-electron chi connectivity index (χ1n) is 7.54. The van der Waals surface area contributed by atoms with E-state index in [4.69, 9.17) is 7.85 Å². The van der Waals surface area contributed by atoms with E-state index in [0.29, 0.717) is 0 Å². The Morgan fingerprint density at radius 1 is 1.00 bits per heavy atom. The van der Waals surface area contributed by atoms with Crippen molar-refractivity contribution in [2.45, 2.75) is 19.2 Å². The van der Waals surface area contributed by atoms with Crippen LogP contribution in [0.2, 0.25) is 0 Å². The SMILES string of the molecule is CN(C)C.[B]C(c1ccc(CC)cc1)c1ccc([N+](=O)[O-])cc1. The largest absolute Gasteiger partial charge is 0.312 e. The van der Waals surface area contributed by atoms with Crippen LogP contribution in [0.25, 0.3) is 0 Å². The number of benzene rings is 2. The number of rotatable bonds is 4. The summed E-state index contributed by atoms with van der Waals surface area (Å²) in [5.41, 5.74) is 3.22. The van der Waals surface area contributed by atoms with E-state index < -0.39 is 4.92 Å². The van der Waals surface area contributed by atoms with Gasteiger partial charge in [-0.05, 0) is 50.1 Å². The summed E-state index contributed by atoms with van der Waals surface area (Å²) >= 11 is 0. The Morgan fingerprint density at radius 2 is 1.39 bits per heavy atom. The molecule has 23 heavy (non-hydrogen) atoms. The molecule has 0 spiro atoms. The first-order valence-corrected chi connectivity index (χ1v) is 7.54.